The Bertz CT molecular complexity index is 518. The van der Waals surface area contributed by atoms with Gasteiger partial charge in [-0.3, -0.25) is 9.59 Å². The minimum absolute atomic E-state index is 0.0602. The molecule has 1 atom stereocenters. The summed E-state index contributed by atoms with van der Waals surface area (Å²) in [5.41, 5.74) is 6.66. The number of hydrogen-bond donors (Lipinski definition) is 3. The summed E-state index contributed by atoms with van der Waals surface area (Å²) in [6.07, 6.45) is 0. The van der Waals surface area contributed by atoms with Crippen molar-refractivity contribution in [2.45, 2.75) is 46.7 Å². The highest BCUT2D eigenvalue weighted by Crippen LogP contribution is 2.19. The van der Waals surface area contributed by atoms with Crippen LogP contribution in [0.2, 0.25) is 0 Å². The summed E-state index contributed by atoms with van der Waals surface area (Å²) in [7, 11) is 0. The van der Waals surface area contributed by atoms with E-state index in [0.717, 1.165) is 0 Å². The number of benzene rings is 1. The summed E-state index contributed by atoms with van der Waals surface area (Å²) in [6.45, 7) is 9.51. The second kappa shape index (κ2) is 6.72. The van der Waals surface area contributed by atoms with E-state index in [4.69, 9.17) is 5.73 Å². The molecule has 0 aliphatic carbocycles. The molecule has 2 amide bonds. The Morgan fingerprint density at radius 2 is 1.81 bits per heavy atom. The average molecular weight is 291 g/mol. The van der Waals surface area contributed by atoms with Crippen LogP contribution < -0.4 is 16.4 Å². The Labute approximate surface area is 126 Å². The van der Waals surface area contributed by atoms with Gasteiger partial charge in [0.25, 0.3) is 5.91 Å². The maximum absolute atomic E-state index is 12.1. The molecular formula is C16H25N3O2. The molecule has 1 rings (SSSR count). The topological polar surface area (TPSA) is 84.2 Å². The number of hydrogen-bond acceptors (Lipinski definition) is 3. The van der Waals surface area contributed by atoms with Gasteiger partial charge in [0.05, 0.1) is 6.04 Å². The van der Waals surface area contributed by atoms with E-state index in [9.17, 15) is 9.59 Å². The number of carbonyl (C=O) groups excluding carboxylic acids is 2. The molecule has 116 valence electrons. The van der Waals surface area contributed by atoms with Crippen molar-refractivity contribution in [3.63, 3.8) is 0 Å². The molecular weight excluding hydrogens is 266 g/mol. The van der Waals surface area contributed by atoms with E-state index in [0.29, 0.717) is 11.3 Å². The van der Waals surface area contributed by atoms with Crippen LogP contribution in [-0.4, -0.2) is 23.9 Å². The number of rotatable bonds is 4. The molecule has 0 saturated heterocycles. The first-order chi connectivity index (χ1) is 9.61. The monoisotopic (exact) mass is 291 g/mol. The second-order valence-corrected chi connectivity index (χ2v) is 6.54. The number of carbonyl (C=O) groups is 2. The van der Waals surface area contributed by atoms with Crippen molar-refractivity contribution in [3.8, 4) is 0 Å². The lowest BCUT2D eigenvalue weighted by molar-refractivity contribution is -0.119. The molecule has 0 heterocycles. The highest BCUT2D eigenvalue weighted by molar-refractivity contribution is 5.98. The summed E-state index contributed by atoms with van der Waals surface area (Å²) in [4.78, 5) is 24.0. The van der Waals surface area contributed by atoms with Crippen LogP contribution in [0.25, 0.3) is 0 Å². The lowest BCUT2D eigenvalue weighted by Gasteiger charge is -2.25. The van der Waals surface area contributed by atoms with Gasteiger partial charge in [0.15, 0.2) is 0 Å². The molecule has 5 heteroatoms. The minimum Gasteiger partial charge on any atom is -0.350 e. The first-order valence-electron chi connectivity index (χ1n) is 7.08. The van der Waals surface area contributed by atoms with Gasteiger partial charge in [-0.05, 0) is 37.5 Å². The molecule has 0 aromatic heterocycles. The second-order valence-electron chi connectivity index (χ2n) is 6.54. The first kappa shape index (κ1) is 17.2. The third-order valence-electron chi connectivity index (χ3n) is 3.03. The van der Waals surface area contributed by atoms with Crippen LogP contribution in [0, 0.1) is 5.41 Å². The summed E-state index contributed by atoms with van der Waals surface area (Å²) < 4.78 is 0. The Morgan fingerprint density at radius 3 is 2.33 bits per heavy atom. The van der Waals surface area contributed by atoms with Gasteiger partial charge in [-0.2, -0.15) is 0 Å². The highest BCUT2D eigenvalue weighted by atomic mass is 16.2. The van der Waals surface area contributed by atoms with Gasteiger partial charge in [0.1, 0.15) is 0 Å². The third-order valence-corrected chi connectivity index (χ3v) is 3.03. The molecule has 0 unspecified atom stereocenters. The molecule has 0 aliphatic rings. The summed E-state index contributed by atoms with van der Waals surface area (Å²) in [5, 5.41) is 5.56. The summed E-state index contributed by atoms with van der Waals surface area (Å²) in [6, 6.07) is 6.25. The van der Waals surface area contributed by atoms with Gasteiger partial charge in [-0.1, -0.05) is 26.8 Å². The Balaban J connectivity index is 2.82. The van der Waals surface area contributed by atoms with Crippen molar-refractivity contribution in [2.75, 3.05) is 5.32 Å². The van der Waals surface area contributed by atoms with Crippen molar-refractivity contribution in [3.05, 3.63) is 29.8 Å². The maximum atomic E-state index is 12.1. The molecule has 4 N–H and O–H groups in total. The fourth-order valence-corrected chi connectivity index (χ4v) is 1.70. The Hall–Kier alpha value is -1.88. The average Bonchev–Trinajstić information content (AvgIpc) is 2.36. The van der Waals surface area contributed by atoms with E-state index in [1.807, 2.05) is 34.6 Å². The largest absolute Gasteiger partial charge is 0.350 e. The van der Waals surface area contributed by atoms with Crippen LogP contribution in [0.15, 0.2) is 24.3 Å². The van der Waals surface area contributed by atoms with E-state index >= 15 is 0 Å². The van der Waals surface area contributed by atoms with E-state index in [1.54, 1.807) is 24.3 Å². The molecule has 0 bridgehead atoms. The zero-order chi connectivity index (χ0) is 16.2. The standard InChI is InChI=1S/C16H25N3O2/c1-10(2)18-14(20)11-7-6-8-12(9-11)19-15(21)13(17)16(3,4)5/h6-10,13H,17H2,1-5H3,(H,18,20)(H,19,21)/t13-/m1/s1. The van der Waals surface area contributed by atoms with E-state index in [-0.39, 0.29) is 23.3 Å². The molecule has 5 nitrogen and oxygen atoms in total. The van der Waals surface area contributed by atoms with Gasteiger partial charge < -0.3 is 16.4 Å². The third kappa shape index (κ3) is 5.19. The van der Waals surface area contributed by atoms with Gasteiger partial charge in [-0.25, -0.2) is 0 Å². The van der Waals surface area contributed by atoms with Crippen LogP contribution in [0.5, 0.6) is 0 Å². The number of nitrogens with one attached hydrogen (secondary N) is 2. The van der Waals surface area contributed by atoms with Crippen molar-refractivity contribution < 1.29 is 9.59 Å². The zero-order valence-corrected chi connectivity index (χ0v) is 13.4. The van der Waals surface area contributed by atoms with Crippen molar-refractivity contribution >= 4 is 17.5 Å². The van der Waals surface area contributed by atoms with Crippen molar-refractivity contribution in [1.29, 1.82) is 0 Å². The fraction of sp³-hybridized carbons (Fsp3) is 0.500. The van der Waals surface area contributed by atoms with Crippen LogP contribution in [0.3, 0.4) is 0 Å². The van der Waals surface area contributed by atoms with Crippen molar-refractivity contribution in [2.24, 2.45) is 11.1 Å². The normalized spacial score (nSPS) is 12.9. The van der Waals surface area contributed by atoms with E-state index < -0.39 is 6.04 Å². The quantitative estimate of drug-likeness (QED) is 0.794. The van der Waals surface area contributed by atoms with Gasteiger partial charge >= 0.3 is 0 Å². The number of anilines is 1. The van der Waals surface area contributed by atoms with Gasteiger partial charge in [-0.15, -0.1) is 0 Å². The minimum atomic E-state index is -0.620. The molecule has 0 radical (unpaired) electrons. The predicted molar refractivity (Wildman–Crippen MR) is 85.1 cm³/mol. The Kier molecular flexibility index (Phi) is 5.49. The first-order valence-corrected chi connectivity index (χ1v) is 7.08. The highest BCUT2D eigenvalue weighted by Gasteiger charge is 2.27. The van der Waals surface area contributed by atoms with Crippen molar-refractivity contribution in [1.82, 2.24) is 5.32 Å². The molecule has 21 heavy (non-hydrogen) atoms. The predicted octanol–water partition coefficient (Wildman–Crippen LogP) is 2.14. The lowest BCUT2D eigenvalue weighted by Crippen LogP contribution is -2.45. The SMILES string of the molecule is CC(C)NC(=O)c1cccc(NC(=O)[C@@H](N)C(C)(C)C)c1. The molecule has 1 aromatic rings. The Morgan fingerprint density at radius 1 is 1.19 bits per heavy atom. The number of nitrogens with two attached hydrogens (primary N) is 1. The van der Waals surface area contributed by atoms with Crippen LogP contribution >= 0.6 is 0 Å². The summed E-state index contributed by atoms with van der Waals surface area (Å²) >= 11 is 0. The van der Waals surface area contributed by atoms with E-state index in [1.165, 1.54) is 0 Å². The fourth-order valence-electron chi connectivity index (χ4n) is 1.70. The van der Waals surface area contributed by atoms with Crippen LogP contribution in [-0.2, 0) is 4.79 Å². The molecule has 0 fully saturated rings. The van der Waals surface area contributed by atoms with E-state index in [2.05, 4.69) is 10.6 Å². The van der Waals surface area contributed by atoms with Gasteiger partial charge in [0.2, 0.25) is 5.91 Å². The molecule has 0 spiro atoms. The van der Waals surface area contributed by atoms with Crippen LogP contribution in [0.4, 0.5) is 5.69 Å². The lowest BCUT2D eigenvalue weighted by atomic mass is 9.87. The smallest absolute Gasteiger partial charge is 0.251 e. The molecule has 0 saturated carbocycles. The zero-order valence-electron chi connectivity index (χ0n) is 13.4. The van der Waals surface area contributed by atoms with Crippen LogP contribution in [0.1, 0.15) is 45.0 Å². The number of amides is 2. The molecule has 0 aliphatic heterocycles. The molecule has 1 aromatic carbocycles. The maximum Gasteiger partial charge on any atom is 0.251 e. The summed E-state index contributed by atoms with van der Waals surface area (Å²) in [5.74, 6) is -0.426. The van der Waals surface area contributed by atoms with Gasteiger partial charge in [0, 0.05) is 17.3 Å².